The molecule has 0 radical (unpaired) electrons. The van der Waals surface area contributed by atoms with Crippen LogP contribution in [0.4, 0.5) is 0 Å². The molecule has 0 spiro atoms. The third kappa shape index (κ3) is 1.31. The van der Waals surface area contributed by atoms with Gasteiger partial charge < -0.3 is 4.84 Å². The molecule has 1 atom stereocenters. The molecule has 60 valence electrons. The summed E-state index contributed by atoms with van der Waals surface area (Å²) in [7, 11) is 1.71. The molecule has 1 saturated heterocycles. The van der Waals surface area contributed by atoms with Crippen molar-refractivity contribution in [3.8, 4) is 0 Å². The fourth-order valence-electron chi connectivity index (χ4n) is 1.50. The van der Waals surface area contributed by atoms with E-state index in [1.165, 1.54) is 0 Å². The first-order valence-corrected chi connectivity index (χ1v) is 3.65. The molecule has 10 heavy (non-hydrogen) atoms. The number of nitrogens with one attached hydrogen (secondary N) is 1. The van der Waals surface area contributed by atoms with Crippen molar-refractivity contribution in [3.63, 3.8) is 0 Å². The van der Waals surface area contributed by atoms with Gasteiger partial charge in [-0.15, -0.1) is 0 Å². The Morgan fingerprint density at radius 2 is 2.20 bits per heavy atom. The molecule has 1 heterocycles. The maximum absolute atomic E-state index is 5.17. The lowest BCUT2D eigenvalue weighted by molar-refractivity contribution is -0.174. The van der Waals surface area contributed by atoms with Gasteiger partial charge in [-0.25, -0.2) is 0 Å². The lowest BCUT2D eigenvalue weighted by Gasteiger charge is -2.28. The average Bonchev–Trinajstić information content (AvgIpc) is 2.04. The van der Waals surface area contributed by atoms with E-state index in [4.69, 9.17) is 4.84 Å². The van der Waals surface area contributed by atoms with Gasteiger partial charge >= 0.3 is 0 Å². The van der Waals surface area contributed by atoms with Crippen LogP contribution in [0.5, 0.6) is 0 Å². The van der Waals surface area contributed by atoms with Crippen molar-refractivity contribution in [1.29, 1.82) is 0 Å². The van der Waals surface area contributed by atoms with Crippen LogP contribution in [-0.2, 0) is 4.84 Å². The number of nitrogens with zero attached hydrogens (tertiary/aromatic N) is 1. The average molecular weight is 144 g/mol. The van der Waals surface area contributed by atoms with Gasteiger partial charge in [-0.2, -0.15) is 5.06 Å². The van der Waals surface area contributed by atoms with Gasteiger partial charge in [0.15, 0.2) is 0 Å². The minimum atomic E-state index is -0.00579. The number of rotatable bonds is 1. The van der Waals surface area contributed by atoms with Crippen molar-refractivity contribution in [2.75, 3.05) is 13.7 Å². The molecular formula is C7H16N2O. The van der Waals surface area contributed by atoms with Gasteiger partial charge in [0.05, 0.1) is 12.8 Å². The molecule has 1 N–H and O–H groups in total. The van der Waals surface area contributed by atoms with Crippen LogP contribution in [0.3, 0.4) is 0 Å². The van der Waals surface area contributed by atoms with Gasteiger partial charge in [-0.1, -0.05) is 0 Å². The van der Waals surface area contributed by atoms with Crippen LogP contribution in [0.25, 0.3) is 0 Å². The SMILES string of the molecule is CON1CC(C)NC1(C)C. The Bertz CT molecular complexity index is 125. The van der Waals surface area contributed by atoms with E-state index in [-0.39, 0.29) is 5.66 Å². The van der Waals surface area contributed by atoms with Gasteiger partial charge in [0.25, 0.3) is 0 Å². The van der Waals surface area contributed by atoms with E-state index in [1.807, 2.05) is 5.06 Å². The maximum Gasteiger partial charge on any atom is 0.0899 e. The second-order valence-corrected chi connectivity index (χ2v) is 3.35. The highest BCUT2D eigenvalue weighted by Gasteiger charge is 2.35. The first kappa shape index (κ1) is 7.98. The minimum absolute atomic E-state index is 0.00579. The third-order valence-corrected chi connectivity index (χ3v) is 1.88. The molecule has 1 aliphatic heterocycles. The summed E-state index contributed by atoms with van der Waals surface area (Å²) in [4.78, 5) is 5.17. The summed E-state index contributed by atoms with van der Waals surface area (Å²) < 4.78 is 0. The van der Waals surface area contributed by atoms with E-state index >= 15 is 0 Å². The number of hydrogen-bond acceptors (Lipinski definition) is 3. The maximum atomic E-state index is 5.17. The van der Waals surface area contributed by atoms with Crippen LogP contribution in [0.2, 0.25) is 0 Å². The largest absolute Gasteiger partial charge is 0.300 e. The summed E-state index contributed by atoms with van der Waals surface area (Å²) >= 11 is 0. The van der Waals surface area contributed by atoms with Crippen LogP contribution < -0.4 is 5.32 Å². The molecule has 1 aliphatic rings. The number of hydrogen-bond donors (Lipinski definition) is 1. The second-order valence-electron chi connectivity index (χ2n) is 3.35. The molecule has 3 nitrogen and oxygen atoms in total. The lowest BCUT2D eigenvalue weighted by Crippen LogP contribution is -2.45. The summed E-state index contributed by atoms with van der Waals surface area (Å²) in [5, 5.41) is 5.35. The van der Waals surface area contributed by atoms with E-state index < -0.39 is 0 Å². The van der Waals surface area contributed by atoms with Crippen molar-refractivity contribution in [2.24, 2.45) is 0 Å². The first-order chi connectivity index (χ1) is 4.56. The summed E-state index contributed by atoms with van der Waals surface area (Å²) in [6, 6.07) is 0.523. The zero-order valence-corrected chi connectivity index (χ0v) is 7.14. The Kier molecular flexibility index (Phi) is 1.99. The van der Waals surface area contributed by atoms with E-state index in [0.29, 0.717) is 6.04 Å². The van der Waals surface area contributed by atoms with Gasteiger partial charge in [0.1, 0.15) is 0 Å². The lowest BCUT2D eigenvalue weighted by atomic mass is 10.3. The highest BCUT2D eigenvalue weighted by molar-refractivity contribution is 4.86. The highest BCUT2D eigenvalue weighted by Crippen LogP contribution is 2.18. The van der Waals surface area contributed by atoms with Gasteiger partial charge in [-0.05, 0) is 20.8 Å². The topological polar surface area (TPSA) is 24.5 Å². The van der Waals surface area contributed by atoms with Gasteiger partial charge in [0.2, 0.25) is 0 Å². The Morgan fingerprint density at radius 1 is 1.60 bits per heavy atom. The fraction of sp³-hybridized carbons (Fsp3) is 1.00. The summed E-state index contributed by atoms with van der Waals surface area (Å²) in [6.45, 7) is 7.34. The first-order valence-electron chi connectivity index (χ1n) is 3.65. The van der Waals surface area contributed by atoms with E-state index in [9.17, 15) is 0 Å². The predicted octanol–water partition coefficient (Wildman–Crippen LogP) is 0.578. The summed E-state index contributed by atoms with van der Waals surface area (Å²) in [6.07, 6.45) is 0. The third-order valence-electron chi connectivity index (χ3n) is 1.88. The van der Waals surface area contributed by atoms with Crippen LogP contribution >= 0.6 is 0 Å². The van der Waals surface area contributed by atoms with Gasteiger partial charge in [0, 0.05) is 12.6 Å². The zero-order chi connectivity index (χ0) is 7.78. The standard InChI is InChI=1S/C7H16N2O/c1-6-5-9(10-4)7(2,3)8-6/h6,8H,5H2,1-4H3. The van der Waals surface area contributed by atoms with Crippen molar-refractivity contribution in [3.05, 3.63) is 0 Å². The van der Waals surface area contributed by atoms with Gasteiger partial charge in [-0.3, -0.25) is 5.32 Å². The Labute approximate surface area is 62.3 Å². The molecule has 0 saturated carbocycles. The van der Waals surface area contributed by atoms with Crippen molar-refractivity contribution < 1.29 is 4.84 Å². The quantitative estimate of drug-likeness (QED) is 0.582. The Balaban J connectivity index is 2.58. The van der Waals surface area contributed by atoms with Crippen LogP contribution in [0.15, 0.2) is 0 Å². The highest BCUT2D eigenvalue weighted by atomic mass is 16.7. The smallest absolute Gasteiger partial charge is 0.0899 e. The van der Waals surface area contributed by atoms with Crippen molar-refractivity contribution in [1.82, 2.24) is 10.4 Å². The second kappa shape index (κ2) is 2.49. The minimum Gasteiger partial charge on any atom is -0.300 e. The summed E-state index contributed by atoms with van der Waals surface area (Å²) in [5.41, 5.74) is -0.00579. The summed E-state index contributed by atoms with van der Waals surface area (Å²) in [5.74, 6) is 0. The van der Waals surface area contributed by atoms with Crippen LogP contribution in [0.1, 0.15) is 20.8 Å². The molecule has 3 heteroatoms. The predicted molar refractivity (Wildman–Crippen MR) is 40.4 cm³/mol. The van der Waals surface area contributed by atoms with Crippen LogP contribution in [-0.4, -0.2) is 30.4 Å². The number of hydroxylamine groups is 2. The van der Waals surface area contributed by atoms with E-state index in [0.717, 1.165) is 6.54 Å². The molecular weight excluding hydrogens is 128 g/mol. The molecule has 0 amide bonds. The monoisotopic (exact) mass is 144 g/mol. The molecule has 0 aromatic carbocycles. The zero-order valence-electron chi connectivity index (χ0n) is 7.14. The Hall–Kier alpha value is -0.120. The van der Waals surface area contributed by atoms with Crippen molar-refractivity contribution >= 4 is 0 Å². The molecule has 1 fully saturated rings. The molecule has 1 unspecified atom stereocenters. The fourth-order valence-corrected chi connectivity index (χ4v) is 1.50. The normalized spacial score (nSPS) is 33.0. The Morgan fingerprint density at radius 3 is 2.40 bits per heavy atom. The van der Waals surface area contributed by atoms with E-state index in [1.54, 1.807) is 7.11 Å². The van der Waals surface area contributed by atoms with E-state index in [2.05, 4.69) is 26.1 Å². The molecule has 0 aromatic heterocycles. The van der Waals surface area contributed by atoms with Crippen molar-refractivity contribution in [2.45, 2.75) is 32.5 Å². The molecule has 1 rings (SSSR count). The molecule has 0 bridgehead atoms. The van der Waals surface area contributed by atoms with Crippen LogP contribution in [0, 0.1) is 0 Å². The molecule has 0 aromatic rings. The molecule has 0 aliphatic carbocycles.